The lowest BCUT2D eigenvalue weighted by Crippen LogP contribution is -2.28. The molecular weight excluding hydrogens is 278 g/mol. The Bertz CT molecular complexity index is 488. The van der Waals surface area contributed by atoms with Crippen LogP contribution in [0.2, 0.25) is 0 Å². The standard InChI is InChI=1S/C13H15F4NO2/c1-8(12(19)20)6-18(2)7-9-3-4-11(14)10(5-9)13(15,16)17/h3-5,8H,6-7H2,1-2H3,(H,19,20). The van der Waals surface area contributed by atoms with Gasteiger partial charge in [-0.05, 0) is 24.7 Å². The fourth-order valence-electron chi connectivity index (χ4n) is 1.81. The zero-order valence-corrected chi connectivity index (χ0v) is 11.0. The molecule has 0 saturated heterocycles. The third-order valence-corrected chi connectivity index (χ3v) is 2.80. The van der Waals surface area contributed by atoms with Crippen molar-refractivity contribution in [2.75, 3.05) is 13.6 Å². The molecule has 1 N–H and O–H groups in total. The molecule has 0 heterocycles. The van der Waals surface area contributed by atoms with E-state index in [1.807, 2.05) is 0 Å². The van der Waals surface area contributed by atoms with Crippen molar-refractivity contribution in [3.05, 3.63) is 35.1 Å². The highest BCUT2D eigenvalue weighted by Crippen LogP contribution is 2.32. The van der Waals surface area contributed by atoms with Crippen LogP contribution in [0.5, 0.6) is 0 Å². The Labute approximate surface area is 113 Å². The summed E-state index contributed by atoms with van der Waals surface area (Å²) in [5.74, 6) is -2.93. The zero-order chi connectivity index (χ0) is 15.5. The molecule has 1 unspecified atom stereocenters. The van der Waals surface area contributed by atoms with Crippen LogP contribution in [-0.4, -0.2) is 29.6 Å². The Balaban J connectivity index is 2.81. The molecule has 1 atom stereocenters. The number of aliphatic carboxylic acids is 1. The maximum absolute atomic E-state index is 13.1. The van der Waals surface area contributed by atoms with Crippen LogP contribution in [0, 0.1) is 11.7 Å². The molecule has 0 saturated carbocycles. The smallest absolute Gasteiger partial charge is 0.419 e. The molecule has 1 aromatic rings. The van der Waals surface area contributed by atoms with E-state index in [0.29, 0.717) is 0 Å². The summed E-state index contributed by atoms with van der Waals surface area (Å²) in [5.41, 5.74) is -1.03. The molecule has 0 radical (unpaired) electrons. The van der Waals surface area contributed by atoms with Crippen LogP contribution in [0.3, 0.4) is 0 Å². The molecule has 0 amide bonds. The van der Waals surface area contributed by atoms with Crippen molar-refractivity contribution in [3.8, 4) is 0 Å². The van der Waals surface area contributed by atoms with Crippen molar-refractivity contribution in [1.82, 2.24) is 4.90 Å². The predicted octanol–water partition coefficient (Wildman–Crippen LogP) is 3.00. The monoisotopic (exact) mass is 293 g/mol. The molecule has 0 spiro atoms. The van der Waals surface area contributed by atoms with Gasteiger partial charge in [0.25, 0.3) is 0 Å². The minimum atomic E-state index is -4.74. The molecule has 1 rings (SSSR count). The summed E-state index contributed by atoms with van der Waals surface area (Å²) < 4.78 is 50.8. The summed E-state index contributed by atoms with van der Waals surface area (Å²) in [6.07, 6.45) is -4.74. The van der Waals surface area contributed by atoms with E-state index in [2.05, 4.69) is 0 Å². The second-order valence-corrected chi connectivity index (χ2v) is 4.75. The van der Waals surface area contributed by atoms with Gasteiger partial charge in [0.2, 0.25) is 0 Å². The Hall–Kier alpha value is -1.63. The number of benzene rings is 1. The summed E-state index contributed by atoms with van der Waals surface area (Å²) in [4.78, 5) is 12.3. The summed E-state index contributed by atoms with van der Waals surface area (Å²) in [7, 11) is 1.59. The van der Waals surface area contributed by atoms with Crippen LogP contribution in [0.25, 0.3) is 0 Å². The van der Waals surface area contributed by atoms with Gasteiger partial charge >= 0.3 is 12.1 Å². The predicted molar refractivity (Wildman–Crippen MR) is 64.5 cm³/mol. The van der Waals surface area contributed by atoms with Crippen molar-refractivity contribution in [1.29, 1.82) is 0 Å². The molecule has 0 aromatic heterocycles. The Morgan fingerprint density at radius 3 is 2.50 bits per heavy atom. The van der Waals surface area contributed by atoms with Gasteiger partial charge in [-0.3, -0.25) is 4.79 Å². The maximum atomic E-state index is 13.1. The molecule has 7 heteroatoms. The Kier molecular flexibility index (Phi) is 5.10. The van der Waals surface area contributed by atoms with E-state index >= 15 is 0 Å². The van der Waals surface area contributed by atoms with Gasteiger partial charge in [-0.25, -0.2) is 4.39 Å². The third-order valence-electron chi connectivity index (χ3n) is 2.80. The van der Waals surface area contributed by atoms with Gasteiger partial charge in [0.05, 0.1) is 11.5 Å². The maximum Gasteiger partial charge on any atom is 0.419 e. The van der Waals surface area contributed by atoms with E-state index in [9.17, 15) is 22.4 Å². The quantitative estimate of drug-likeness (QED) is 0.848. The largest absolute Gasteiger partial charge is 0.481 e. The summed E-state index contributed by atoms with van der Waals surface area (Å²) in [6.45, 7) is 1.81. The van der Waals surface area contributed by atoms with Crippen LogP contribution in [-0.2, 0) is 17.5 Å². The average Bonchev–Trinajstić information content (AvgIpc) is 2.29. The lowest BCUT2D eigenvalue weighted by atomic mass is 10.1. The molecule has 0 fully saturated rings. The lowest BCUT2D eigenvalue weighted by molar-refractivity contribution is -0.141. The van der Waals surface area contributed by atoms with E-state index in [1.54, 1.807) is 11.9 Å². The van der Waals surface area contributed by atoms with Crippen molar-refractivity contribution < 1.29 is 27.5 Å². The van der Waals surface area contributed by atoms with E-state index < -0.39 is 29.4 Å². The first kappa shape index (κ1) is 16.4. The third kappa shape index (κ3) is 4.48. The second kappa shape index (κ2) is 6.21. The van der Waals surface area contributed by atoms with Crippen molar-refractivity contribution in [2.24, 2.45) is 5.92 Å². The van der Waals surface area contributed by atoms with E-state index in [-0.39, 0.29) is 18.7 Å². The first-order chi connectivity index (χ1) is 9.11. The zero-order valence-electron chi connectivity index (χ0n) is 11.0. The number of carboxylic acid groups (broad SMARTS) is 1. The minimum absolute atomic E-state index is 0.112. The minimum Gasteiger partial charge on any atom is -0.481 e. The molecule has 0 aliphatic carbocycles. The lowest BCUT2D eigenvalue weighted by Gasteiger charge is -2.19. The highest BCUT2D eigenvalue weighted by molar-refractivity contribution is 5.69. The average molecular weight is 293 g/mol. The van der Waals surface area contributed by atoms with Gasteiger partial charge in [-0.15, -0.1) is 0 Å². The van der Waals surface area contributed by atoms with Gasteiger partial charge in [0.15, 0.2) is 0 Å². The number of alkyl halides is 3. The normalized spacial score (nSPS) is 13.6. The number of halogens is 4. The van der Waals surface area contributed by atoms with Crippen LogP contribution >= 0.6 is 0 Å². The SMILES string of the molecule is CC(CN(C)Cc1ccc(F)c(C(F)(F)F)c1)C(=O)O. The number of hydrogen-bond acceptors (Lipinski definition) is 2. The molecule has 0 aliphatic rings. The molecule has 20 heavy (non-hydrogen) atoms. The van der Waals surface area contributed by atoms with Crippen LogP contribution in [0.15, 0.2) is 18.2 Å². The summed E-state index contributed by atoms with van der Waals surface area (Å²) >= 11 is 0. The van der Waals surface area contributed by atoms with E-state index in [4.69, 9.17) is 5.11 Å². The van der Waals surface area contributed by atoms with Crippen molar-refractivity contribution in [3.63, 3.8) is 0 Å². The number of hydrogen-bond donors (Lipinski definition) is 1. The Morgan fingerprint density at radius 1 is 1.40 bits per heavy atom. The number of carboxylic acids is 1. The Morgan fingerprint density at radius 2 is 2.00 bits per heavy atom. The molecular formula is C13H15F4NO2. The molecule has 0 aliphatic heterocycles. The van der Waals surface area contributed by atoms with E-state index in [0.717, 1.165) is 12.1 Å². The van der Waals surface area contributed by atoms with Gasteiger partial charge in [0, 0.05) is 13.1 Å². The fraction of sp³-hybridized carbons (Fsp3) is 0.462. The molecule has 3 nitrogen and oxygen atoms in total. The first-order valence-electron chi connectivity index (χ1n) is 5.88. The van der Waals surface area contributed by atoms with Crippen LogP contribution < -0.4 is 0 Å². The van der Waals surface area contributed by atoms with Gasteiger partial charge < -0.3 is 10.0 Å². The summed E-state index contributed by atoms with van der Waals surface area (Å²) in [6, 6.07) is 2.77. The summed E-state index contributed by atoms with van der Waals surface area (Å²) in [5, 5.41) is 8.76. The topological polar surface area (TPSA) is 40.5 Å². The van der Waals surface area contributed by atoms with Crippen LogP contribution in [0.1, 0.15) is 18.1 Å². The van der Waals surface area contributed by atoms with Crippen LogP contribution in [0.4, 0.5) is 17.6 Å². The van der Waals surface area contributed by atoms with Crippen molar-refractivity contribution >= 4 is 5.97 Å². The second-order valence-electron chi connectivity index (χ2n) is 4.75. The number of nitrogens with zero attached hydrogens (tertiary/aromatic N) is 1. The van der Waals surface area contributed by atoms with Gasteiger partial charge in [-0.1, -0.05) is 13.0 Å². The highest BCUT2D eigenvalue weighted by atomic mass is 19.4. The fourth-order valence-corrected chi connectivity index (χ4v) is 1.81. The molecule has 0 bridgehead atoms. The van der Waals surface area contributed by atoms with Gasteiger partial charge in [0.1, 0.15) is 5.82 Å². The van der Waals surface area contributed by atoms with Gasteiger partial charge in [-0.2, -0.15) is 13.2 Å². The highest BCUT2D eigenvalue weighted by Gasteiger charge is 2.34. The molecule has 112 valence electrons. The number of rotatable bonds is 5. The number of carbonyl (C=O) groups is 1. The molecule has 1 aromatic carbocycles. The van der Waals surface area contributed by atoms with E-state index in [1.165, 1.54) is 13.0 Å². The van der Waals surface area contributed by atoms with Crippen molar-refractivity contribution in [2.45, 2.75) is 19.6 Å². The first-order valence-corrected chi connectivity index (χ1v) is 5.88.